The fourth-order valence-electron chi connectivity index (χ4n) is 2.80. The number of hydrogen-bond donors (Lipinski definition) is 0. The molecule has 0 atom stereocenters. The second kappa shape index (κ2) is 5.99. The molecule has 1 aliphatic carbocycles. The largest absolute Gasteiger partial charge is 0.292 e. The molecule has 2 aromatic rings. The van der Waals surface area contributed by atoms with Crippen molar-refractivity contribution in [3.63, 3.8) is 0 Å². The molecule has 4 heteroatoms. The van der Waals surface area contributed by atoms with Crippen molar-refractivity contribution in [1.82, 2.24) is 14.8 Å². The van der Waals surface area contributed by atoms with Crippen molar-refractivity contribution < 1.29 is 4.79 Å². The standard InChI is InChI=1S/C16H19N3O/c20-16(15-8-4-5-10-17-15)12-13-9-11-19(18-13)14-6-2-1-3-7-14/h4-5,8-11,14H,1-3,6-7,12H2. The van der Waals surface area contributed by atoms with Crippen molar-refractivity contribution in [2.24, 2.45) is 0 Å². The third-order valence-electron chi connectivity index (χ3n) is 3.90. The summed E-state index contributed by atoms with van der Waals surface area (Å²) in [7, 11) is 0. The van der Waals surface area contributed by atoms with E-state index in [1.807, 2.05) is 29.1 Å². The molecule has 0 aliphatic heterocycles. The van der Waals surface area contributed by atoms with E-state index in [9.17, 15) is 4.79 Å². The van der Waals surface area contributed by atoms with E-state index in [2.05, 4.69) is 10.1 Å². The number of Topliss-reactive ketones (excluding diaryl/α,β-unsaturated/α-hetero) is 1. The summed E-state index contributed by atoms with van der Waals surface area (Å²) in [5, 5.41) is 4.57. The molecule has 2 heterocycles. The molecule has 0 unspecified atom stereocenters. The van der Waals surface area contributed by atoms with Crippen LogP contribution < -0.4 is 0 Å². The third-order valence-corrected chi connectivity index (χ3v) is 3.90. The van der Waals surface area contributed by atoms with E-state index in [4.69, 9.17) is 0 Å². The van der Waals surface area contributed by atoms with Gasteiger partial charge in [0.15, 0.2) is 5.78 Å². The zero-order chi connectivity index (χ0) is 13.8. The predicted octanol–water partition coefficient (Wildman–Crippen LogP) is 3.21. The molecule has 0 spiro atoms. The van der Waals surface area contributed by atoms with Crippen LogP contribution in [0, 0.1) is 0 Å². The molecule has 2 aromatic heterocycles. The maximum Gasteiger partial charge on any atom is 0.187 e. The molecule has 0 bridgehead atoms. The lowest BCUT2D eigenvalue weighted by Crippen LogP contribution is -2.14. The van der Waals surface area contributed by atoms with Gasteiger partial charge in [-0.15, -0.1) is 0 Å². The highest BCUT2D eigenvalue weighted by Gasteiger charge is 2.17. The topological polar surface area (TPSA) is 47.8 Å². The molecule has 0 saturated heterocycles. The van der Waals surface area contributed by atoms with Gasteiger partial charge in [-0.1, -0.05) is 25.3 Å². The third kappa shape index (κ3) is 2.95. The van der Waals surface area contributed by atoms with Crippen LogP contribution in [0.5, 0.6) is 0 Å². The van der Waals surface area contributed by atoms with Crippen LogP contribution in [0.2, 0.25) is 0 Å². The number of carbonyl (C=O) groups is 1. The van der Waals surface area contributed by atoms with Gasteiger partial charge in [0.25, 0.3) is 0 Å². The Bertz CT molecular complexity index is 570. The van der Waals surface area contributed by atoms with Gasteiger partial charge in [0.1, 0.15) is 5.69 Å². The molecule has 0 amide bonds. The smallest absolute Gasteiger partial charge is 0.187 e. The molecular formula is C16H19N3O. The van der Waals surface area contributed by atoms with Gasteiger partial charge in [-0.3, -0.25) is 14.5 Å². The van der Waals surface area contributed by atoms with E-state index in [1.165, 1.54) is 32.1 Å². The number of pyridine rings is 1. The van der Waals surface area contributed by atoms with Crippen LogP contribution in [0.15, 0.2) is 36.7 Å². The van der Waals surface area contributed by atoms with Gasteiger partial charge in [0.05, 0.1) is 18.2 Å². The van der Waals surface area contributed by atoms with Gasteiger partial charge in [-0.05, 0) is 31.0 Å². The van der Waals surface area contributed by atoms with Crippen LogP contribution in [0.25, 0.3) is 0 Å². The molecule has 1 aliphatic rings. The highest BCUT2D eigenvalue weighted by molar-refractivity contribution is 5.95. The molecule has 20 heavy (non-hydrogen) atoms. The van der Waals surface area contributed by atoms with E-state index in [-0.39, 0.29) is 5.78 Å². The van der Waals surface area contributed by atoms with Gasteiger partial charge in [-0.2, -0.15) is 5.10 Å². The molecule has 0 N–H and O–H groups in total. The van der Waals surface area contributed by atoms with E-state index in [0.717, 1.165) is 5.69 Å². The maximum atomic E-state index is 12.1. The number of ketones is 1. The molecule has 1 saturated carbocycles. The summed E-state index contributed by atoms with van der Waals surface area (Å²) in [5.41, 5.74) is 1.35. The fraction of sp³-hybridized carbons (Fsp3) is 0.438. The highest BCUT2D eigenvalue weighted by atomic mass is 16.1. The van der Waals surface area contributed by atoms with Crippen molar-refractivity contribution in [2.45, 2.75) is 44.6 Å². The van der Waals surface area contributed by atoms with Crippen molar-refractivity contribution in [2.75, 3.05) is 0 Å². The summed E-state index contributed by atoms with van der Waals surface area (Å²) < 4.78 is 2.04. The molecular weight excluding hydrogens is 250 g/mol. The monoisotopic (exact) mass is 269 g/mol. The van der Waals surface area contributed by atoms with E-state index in [0.29, 0.717) is 18.2 Å². The average Bonchev–Trinajstić information content (AvgIpc) is 2.97. The minimum Gasteiger partial charge on any atom is -0.292 e. The molecule has 3 rings (SSSR count). The molecule has 104 valence electrons. The minimum absolute atomic E-state index is 0.0273. The van der Waals surface area contributed by atoms with Gasteiger partial charge < -0.3 is 0 Å². The summed E-state index contributed by atoms with van der Waals surface area (Å²) >= 11 is 0. The van der Waals surface area contributed by atoms with Gasteiger partial charge in [-0.25, -0.2) is 0 Å². The Kier molecular flexibility index (Phi) is 3.90. The SMILES string of the molecule is O=C(Cc1ccn(C2CCCCC2)n1)c1ccccn1. The number of hydrogen-bond acceptors (Lipinski definition) is 3. The fourth-order valence-corrected chi connectivity index (χ4v) is 2.80. The molecule has 0 aromatic carbocycles. The molecule has 4 nitrogen and oxygen atoms in total. The first-order chi connectivity index (χ1) is 9.83. The minimum atomic E-state index is 0.0273. The quantitative estimate of drug-likeness (QED) is 0.801. The van der Waals surface area contributed by atoms with E-state index in [1.54, 1.807) is 12.3 Å². The number of nitrogens with zero attached hydrogens (tertiary/aromatic N) is 3. The summed E-state index contributed by atoms with van der Waals surface area (Å²) in [6.45, 7) is 0. The lowest BCUT2D eigenvalue weighted by atomic mass is 9.96. The van der Waals surface area contributed by atoms with Gasteiger partial charge >= 0.3 is 0 Å². The van der Waals surface area contributed by atoms with Crippen LogP contribution in [0.3, 0.4) is 0 Å². The van der Waals surface area contributed by atoms with Crippen LogP contribution in [0.1, 0.15) is 54.3 Å². The maximum absolute atomic E-state index is 12.1. The second-order valence-corrected chi connectivity index (χ2v) is 5.39. The zero-order valence-corrected chi connectivity index (χ0v) is 11.5. The Balaban J connectivity index is 1.66. The normalized spacial score (nSPS) is 16.2. The van der Waals surface area contributed by atoms with Gasteiger partial charge in [0.2, 0.25) is 0 Å². The lowest BCUT2D eigenvalue weighted by Gasteiger charge is -2.21. The van der Waals surface area contributed by atoms with Crippen molar-refractivity contribution in [3.8, 4) is 0 Å². The number of aromatic nitrogens is 3. The first kappa shape index (κ1) is 13.0. The summed E-state index contributed by atoms with van der Waals surface area (Å²) in [6, 6.07) is 7.87. The zero-order valence-electron chi connectivity index (χ0n) is 11.5. The summed E-state index contributed by atoms with van der Waals surface area (Å²) in [4.78, 5) is 16.2. The van der Waals surface area contributed by atoms with Crippen molar-refractivity contribution >= 4 is 5.78 Å². The van der Waals surface area contributed by atoms with Crippen molar-refractivity contribution in [3.05, 3.63) is 48.0 Å². The summed E-state index contributed by atoms with van der Waals surface area (Å²) in [6.07, 6.45) is 10.3. The Morgan fingerprint density at radius 2 is 2.05 bits per heavy atom. The first-order valence-corrected chi connectivity index (χ1v) is 7.31. The highest BCUT2D eigenvalue weighted by Crippen LogP contribution is 2.27. The summed E-state index contributed by atoms with van der Waals surface area (Å²) in [5.74, 6) is 0.0273. The Morgan fingerprint density at radius 3 is 2.80 bits per heavy atom. The van der Waals surface area contributed by atoms with E-state index >= 15 is 0 Å². The van der Waals surface area contributed by atoms with Crippen LogP contribution in [0.4, 0.5) is 0 Å². The molecule has 0 radical (unpaired) electrons. The Hall–Kier alpha value is -1.97. The first-order valence-electron chi connectivity index (χ1n) is 7.31. The Morgan fingerprint density at radius 1 is 1.20 bits per heavy atom. The number of carbonyl (C=O) groups excluding carboxylic acids is 1. The lowest BCUT2D eigenvalue weighted by molar-refractivity contribution is 0.0987. The number of rotatable bonds is 4. The van der Waals surface area contributed by atoms with Crippen LogP contribution >= 0.6 is 0 Å². The average molecular weight is 269 g/mol. The van der Waals surface area contributed by atoms with Crippen molar-refractivity contribution in [1.29, 1.82) is 0 Å². The predicted molar refractivity (Wildman–Crippen MR) is 76.6 cm³/mol. The second-order valence-electron chi connectivity index (χ2n) is 5.39. The van der Waals surface area contributed by atoms with Gasteiger partial charge in [0, 0.05) is 12.4 Å². The Labute approximate surface area is 118 Å². The van der Waals surface area contributed by atoms with Crippen LogP contribution in [-0.4, -0.2) is 20.5 Å². The van der Waals surface area contributed by atoms with Crippen LogP contribution in [-0.2, 0) is 6.42 Å². The molecule has 1 fully saturated rings. The van der Waals surface area contributed by atoms with E-state index < -0.39 is 0 Å².